The highest BCUT2D eigenvalue weighted by atomic mass is 16.5. The Hall–Kier alpha value is -2.35. The molecular weight excluding hydrogens is 410 g/mol. The summed E-state index contributed by atoms with van der Waals surface area (Å²) >= 11 is 0. The molecule has 0 amide bonds. The molecule has 0 spiro atoms. The minimum absolute atomic E-state index is 0.153. The van der Waals surface area contributed by atoms with Crippen LogP contribution in [0.1, 0.15) is 64.0 Å². The van der Waals surface area contributed by atoms with E-state index in [9.17, 15) is 9.90 Å². The molecule has 174 valence electrons. The summed E-state index contributed by atoms with van der Waals surface area (Å²) in [6.07, 6.45) is 6.70. The van der Waals surface area contributed by atoms with Crippen LogP contribution in [0.5, 0.6) is 0 Å². The first-order chi connectivity index (χ1) is 15.8. The van der Waals surface area contributed by atoms with Crippen LogP contribution in [-0.2, 0) is 9.53 Å². The zero-order valence-corrected chi connectivity index (χ0v) is 20.3. The van der Waals surface area contributed by atoms with Gasteiger partial charge in [0.2, 0.25) is 0 Å². The summed E-state index contributed by atoms with van der Waals surface area (Å²) in [5.41, 5.74) is 4.78. The average molecular weight is 446 g/mol. The Balaban J connectivity index is 1.66. The second-order valence-corrected chi connectivity index (χ2v) is 10.7. The number of anilines is 1. The van der Waals surface area contributed by atoms with Gasteiger partial charge in [-0.1, -0.05) is 25.0 Å². The molecule has 1 saturated carbocycles. The Kier molecular flexibility index (Phi) is 5.54. The Morgan fingerprint density at radius 2 is 1.88 bits per heavy atom. The summed E-state index contributed by atoms with van der Waals surface area (Å²) in [6.45, 7) is 4.48. The Labute approximate surface area is 197 Å². The van der Waals surface area contributed by atoms with E-state index in [1.54, 1.807) is 0 Å². The van der Waals surface area contributed by atoms with Crippen LogP contribution >= 0.6 is 0 Å². The topological polar surface area (TPSA) is 49.8 Å². The van der Waals surface area contributed by atoms with Crippen LogP contribution in [0.2, 0.25) is 0 Å². The van der Waals surface area contributed by atoms with Gasteiger partial charge in [0.1, 0.15) is 11.7 Å². The highest BCUT2D eigenvalue weighted by Gasteiger charge is 2.61. The van der Waals surface area contributed by atoms with Crippen LogP contribution in [0.25, 0.3) is 0 Å². The summed E-state index contributed by atoms with van der Waals surface area (Å²) in [6, 6.07) is 8.65. The maximum absolute atomic E-state index is 12.2. The van der Waals surface area contributed by atoms with Crippen molar-refractivity contribution in [1.29, 1.82) is 0 Å². The Bertz CT molecular complexity index is 1090. The predicted octanol–water partition coefficient (Wildman–Crippen LogP) is 4.99. The quantitative estimate of drug-likeness (QED) is 0.652. The van der Waals surface area contributed by atoms with Gasteiger partial charge in [0.25, 0.3) is 0 Å². The van der Waals surface area contributed by atoms with E-state index >= 15 is 0 Å². The molecule has 1 aromatic rings. The number of hydrogen-bond donors (Lipinski definition) is 1. The van der Waals surface area contributed by atoms with Gasteiger partial charge < -0.3 is 14.7 Å². The van der Waals surface area contributed by atoms with Gasteiger partial charge in [0, 0.05) is 31.6 Å². The Morgan fingerprint density at radius 1 is 1.12 bits per heavy atom. The molecule has 5 unspecified atom stereocenters. The summed E-state index contributed by atoms with van der Waals surface area (Å²) < 4.78 is 6.78. The molecule has 3 aliphatic carbocycles. The molecule has 4 nitrogen and oxygen atoms in total. The molecule has 1 saturated heterocycles. The SMILES string of the molecule is CC#CC1(O)CCC2C3CCC4=CC(=O)CCC4=C3C(c3ccc(N(C)C)cc3)OCC21C. The van der Waals surface area contributed by atoms with Gasteiger partial charge in [0.05, 0.1) is 6.61 Å². The van der Waals surface area contributed by atoms with Crippen molar-refractivity contribution in [3.05, 3.63) is 52.6 Å². The third-order valence-electron chi connectivity index (χ3n) is 8.76. The van der Waals surface area contributed by atoms with E-state index in [0.29, 0.717) is 31.3 Å². The van der Waals surface area contributed by atoms with E-state index in [1.165, 1.54) is 16.7 Å². The minimum atomic E-state index is -1.02. The van der Waals surface area contributed by atoms with Crippen molar-refractivity contribution in [3.8, 4) is 11.8 Å². The van der Waals surface area contributed by atoms with E-state index in [-0.39, 0.29) is 11.9 Å². The van der Waals surface area contributed by atoms with Gasteiger partial charge in [-0.2, -0.15) is 0 Å². The van der Waals surface area contributed by atoms with Crippen LogP contribution in [0.15, 0.2) is 47.1 Å². The lowest BCUT2D eigenvalue weighted by atomic mass is 9.61. The first-order valence-corrected chi connectivity index (χ1v) is 12.3. The summed E-state index contributed by atoms with van der Waals surface area (Å²) in [7, 11) is 4.10. The number of ether oxygens (including phenoxy) is 1. The Morgan fingerprint density at radius 3 is 2.58 bits per heavy atom. The standard InChI is InChI=1S/C29H35NO3/c1-5-15-29(32)16-14-25-24-12-8-20-17-22(31)11-13-23(20)26(24)27(33-18-28(25,29)2)19-6-9-21(10-7-19)30(3)4/h6-7,9-10,17,24-25,27,32H,8,11-14,16,18H2,1-4H3. The molecule has 0 bridgehead atoms. The molecule has 0 radical (unpaired) electrons. The molecule has 1 N–H and O–H groups in total. The van der Waals surface area contributed by atoms with Crippen molar-refractivity contribution < 1.29 is 14.6 Å². The number of hydrogen-bond acceptors (Lipinski definition) is 4. The lowest BCUT2D eigenvalue weighted by Crippen LogP contribution is -2.48. The van der Waals surface area contributed by atoms with Crippen LogP contribution in [0.3, 0.4) is 0 Å². The lowest BCUT2D eigenvalue weighted by molar-refractivity contribution is -0.114. The largest absolute Gasteiger partial charge is 0.378 e. The molecular formula is C29H35NO3. The zero-order chi connectivity index (χ0) is 23.4. The molecule has 1 aromatic carbocycles. The molecule has 4 aliphatic rings. The van der Waals surface area contributed by atoms with Gasteiger partial charge >= 0.3 is 0 Å². The average Bonchev–Trinajstić information content (AvgIpc) is 2.96. The number of rotatable bonds is 2. The monoisotopic (exact) mass is 445 g/mol. The number of carbonyl (C=O) groups excluding carboxylic acids is 1. The smallest absolute Gasteiger partial charge is 0.156 e. The third kappa shape index (κ3) is 3.49. The molecule has 1 heterocycles. The lowest BCUT2D eigenvalue weighted by Gasteiger charge is -2.42. The first-order valence-electron chi connectivity index (χ1n) is 12.3. The second kappa shape index (κ2) is 8.15. The molecule has 2 fully saturated rings. The van der Waals surface area contributed by atoms with Crippen LogP contribution in [0.4, 0.5) is 5.69 Å². The van der Waals surface area contributed by atoms with Gasteiger partial charge in [0.15, 0.2) is 5.78 Å². The van der Waals surface area contributed by atoms with Gasteiger partial charge in [-0.15, -0.1) is 5.92 Å². The molecule has 33 heavy (non-hydrogen) atoms. The number of aliphatic hydroxyl groups is 1. The molecule has 1 aliphatic heterocycles. The minimum Gasteiger partial charge on any atom is -0.378 e. The first kappa shape index (κ1) is 22.4. The predicted molar refractivity (Wildman–Crippen MR) is 131 cm³/mol. The summed E-state index contributed by atoms with van der Waals surface area (Å²) in [5, 5.41) is 11.7. The van der Waals surface area contributed by atoms with Crippen molar-refractivity contribution in [1.82, 2.24) is 0 Å². The molecule has 5 atom stereocenters. The van der Waals surface area contributed by atoms with Crippen molar-refractivity contribution in [3.63, 3.8) is 0 Å². The van der Waals surface area contributed by atoms with Crippen LogP contribution in [0, 0.1) is 29.1 Å². The number of ketones is 1. The molecule has 4 heteroatoms. The highest BCUT2D eigenvalue weighted by Crippen LogP contribution is 2.61. The zero-order valence-electron chi connectivity index (χ0n) is 20.3. The number of fused-ring (bicyclic) bond motifs is 4. The fourth-order valence-corrected chi connectivity index (χ4v) is 6.90. The van der Waals surface area contributed by atoms with Gasteiger partial charge in [-0.25, -0.2) is 0 Å². The fourth-order valence-electron chi connectivity index (χ4n) is 6.90. The van der Waals surface area contributed by atoms with Crippen molar-refractivity contribution in [2.24, 2.45) is 17.3 Å². The normalized spacial score (nSPS) is 35.5. The van der Waals surface area contributed by atoms with Gasteiger partial charge in [-0.3, -0.25) is 4.79 Å². The van der Waals surface area contributed by atoms with Crippen LogP contribution in [-0.4, -0.2) is 37.2 Å². The van der Waals surface area contributed by atoms with E-state index in [2.05, 4.69) is 47.9 Å². The van der Waals surface area contributed by atoms with Crippen molar-refractivity contribution in [2.45, 2.75) is 64.1 Å². The van der Waals surface area contributed by atoms with Crippen LogP contribution < -0.4 is 4.90 Å². The number of carbonyl (C=O) groups is 1. The number of nitrogens with zero attached hydrogens (tertiary/aromatic N) is 1. The van der Waals surface area contributed by atoms with E-state index in [4.69, 9.17) is 4.74 Å². The van der Waals surface area contributed by atoms with E-state index < -0.39 is 11.0 Å². The van der Waals surface area contributed by atoms with Crippen molar-refractivity contribution >= 4 is 11.5 Å². The highest BCUT2D eigenvalue weighted by molar-refractivity contribution is 5.93. The molecule has 0 aromatic heterocycles. The van der Waals surface area contributed by atoms with Crippen molar-refractivity contribution in [2.75, 3.05) is 25.6 Å². The number of allylic oxidation sites excluding steroid dienone is 3. The summed E-state index contributed by atoms with van der Waals surface area (Å²) in [5.74, 6) is 7.06. The third-order valence-corrected chi connectivity index (χ3v) is 8.76. The van der Waals surface area contributed by atoms with E-state index in [0.717, 1.165) is 36.9 Å². The number of benzene rings is 1. The maximum Gasteiger partial charge on any atom is 0.156 e. The maximum atomic E-state index is 12.2. The fraction of sp³-hybridized carbons (Fsp3) is 0.552. The summed E-state index contributed by atoms with van der Waals surface area (Å²) in [4.78, 5) is 14.3. The second-order valence-electron chi connectivity index (χ2n) is 10.7. The van der Waals surface area contributed by atoms with Gasteiger partial charge in [-0.05, 0) is 91.4 Å². The molecule has 5 rings (SSSR count). The van der Waals surface area contributed by atoms with E-state index in [1.807, 2.05) is 27.1 Å².